The van der Waals surface area contributed by atoms with Crippen molar-refractivity contribution in [1.29, 1.82) is 0 Å². The third-order valence-corrected chi connectivity index (χ3v) is 5.33. The Morgan fingerprint density at radius 2 is 1.64 bits per heavy atom. The number of aromatic nitrogens is 4. The van der Waals surface area contributed by atoms with E-state index < -0.39 is 0 Å². The third-order valence-electron chi connectivity index (χ3n) is 5.01. The number of hydrogen-bond acceptors (Lipinski definition) is 5. The first kappa shape index (κ1) is 15.0. The highest BCUT2D eigenvalue weighted by atomic mass is 35.5. The zero-order valence-corrected chi connectivity index (χ0v) is 14.6. The van der Waals surface area contributed by atoms with Crippen LogP contribution in [0, 0.1) is 0 Å². The summed E-state index contributed by atoms with van der Waals surface area (Å²) in [5, 5.41) is 14.2. The fourth-order valence-electron chi connectivity index (χ4n) is 3.45. The summed E-state index contributed by atoms with van der Waals surface area (Å²) in [7, 11) is 0. The van der Waals surface area contributed by atoms with Crippen LogP contribution in [-0.2, 0) is 0 Å². The number of halogens is 1. The van der Waals surface area contributed by atoms with E-state index >= 15 is 0 Å². The number of piperazine rings is 1. The van der Waals surface area contributed by atoms with Crippen molar-refractivity contribution in [3.8, 4) is 0 Å². The standard InChI is InChI=1S/C18H19ClN6/c19-14-3-1-2-4-15(14)23-9-11-24(12-10-23)17-8-7-16-20-21-18(13-5-6-13)25(16)22-17/h1-4,7-8,13H,5-6,9-12H2. The number of benzene rings is 1. The van der Waals surface area contributed by atoms with Gasteiger partial charge in [-0.05, 0) is 37.1 Å². The van der Waals surface area contributed by atoms with E-state index in [1.807, 2.05) is 34.8 Å². The summed E-state index contributed by atoms with van der Waals surface area (Å²) in [5.41, 5.74) is 1.95. The van der Waals surface area contributed by atoms with Crippen LogP contribution in [0.1, 0.15) is 24.6 Å². The Morgan fingerprint density at radius 1 is 0.880 bits per heavy atom. The van der Waals surface area contributed by atoms with Gasteiger partial charge in [0.25, 0.3) is 0 Å². The molecule has 0 spiro atoms. The summed E-state index contributed by atoms with van der Waals surface area (Å²) in [5.74, 6) is 2.54. The van der Waals surface area contributed by atoms with Gasteiger partial charge in [-0.25, -0.2) is 0 Å². The van der Waals surface area contributed by atoms with E-state index in [4.69, 9.17) is 16.7 Å². The summed E-state index contributed by atoms with van der Waals surface area (Å²) in [6.07, 6.45) is 2.40. The van der Waals surface area contributed by atoms with Crippen molar-refractivity contribution in [3.63, 3.8) is 0 Å². The molecule has 0 atom stereocenters. The molecule has 2 fully saturated rings. The number of hydrogen-bond donors (Lipinski definition) is 0. The minimum Gasteiger partial charge on any atom is -0.367 e. The third kappa shape index (κ3) is 2.70. The average molecular weight is 355 g/mol. The molecule has 25 heavy (non-hydrogen) atoms. The maximum atomic E-state index is 6.33. The van der Waals surface area contributed by atoms with Crippen molar-refractivity contribution in [2.75, 3.05) is 36.0 Å². The molecule has 0 amide bonds. The second-order valence-corrected chi connectivity index (χ2v) is 7.13. The molecule has 1 aliphatic heterocycles. The minimum atomic E-state index is 0.537. The second kappa shape index (κ2) is 5.88. The molecule has 1 aliphatic carbocycles. The van der Waals surface area contributed by atoms with Crippen molar-refractivity contribution in [3.05, 3.63) is 47.2 Å². The van der Waals surface area contributed by atoms with E-state index in [-0.39, 0.29) is 0 Å². The number of para-hydroxylation sites is 1. The van der Waals surface area contributed by atoms with Crippen LogP contribution in [0.3, 0.4) is 0 Å². The molecule has 2 aromatic heterocycles. The summed E-state index contributed by atoms with van der Waals surface area (Å²) in [6, 6.07) is 12.1. The van der Waals surface area contributed by atoms with E-state index in [9.17, 15) is 0 Å². The summed E-state index contributed by atoms with van der Waals surface area (Å²) in [4.78, 5) is 4.66. The minimum absolute atomic E-state index is 0.537. The molecule has 1 aromatic carbocycles. The molecule has 0 N–H and O–H groups in total. The molecule has 0 radical (unpaired) electrons. The van der Waals surface area contributed by atoms with Crippen molar-refractivity contribution in [2.45, 2.75) is 18.8 Å². The molecule has 3 aromatic rings. The van der Waals surface area contributed by atoms with Gasteiger partial charge in [-0.3, -0.25) is 0 Å². The van der Waals surface area contributed by atoms with Gasteiger partial charge in [-0.1, -0.05) is 23.7 Å². The first-order valence-electron chi connectivity index (χ1n) is 8.76. The lowest BCUT2D eigenvalue weighted by molar-refractivity contribution is 0.639. The maximum absolute atomic E-state index is 6.33. The summed E-state index contributed by atoms with van der Waals surface area (Å²) in [6.45, 7) is 3.71. The van der Waals surface area contributed by atoms with E-state index in [2.05, 4.69) is 26.1 Å². The van der Waals surface area contributed by atoms with Crippen molar-refractivity contribution < 1.29 is 0 Å². The number of nitrogens with zero attached hydrogens (tertiary/aromatic N) is 6. The highest BCUT2D eigenvalue weighted by Gasteiger charge is 2.29. The Hall–Kier alpha value is -2.34. The van der Waals surface area contributed by atoms with Crippen LogP contribution < -0.4 is 9.80 Å². The molecule has 0 bridgehead atoms. The van der Waals surface area contributed by atoms with Gasteiger partial charge < -0.3 is 9.80 Å². The van der Waals surface area contributed by atoms with Gasteiger partial charge in [0.1, 0.15) is 5.82 Å². The van der Waals surface area contributed by atoms with Crippen LogP contribution in [0.15, 0.2) is 36.4 Å². The first-order chi connectivity index (χ1) is 12.3. The lowest BCUT2D eigenvalue weighted by Gasteiger charge is -2.37. The molecular weight excluding hydrogens is 336 g/mol. The lowest BCUT2D eigenvalue weighted by Crippen LogP contribution is -2.47. The Morgan fingerprint density at radius 3 is 2.40 bits per heavy atom. The van der Waals surface area contributed by atoms with Gasteiger partial charge in [0.15, 0.2) is 11.5 Å². The van der Waals surface area contributed by atoms with E-state index in [1.165, 1.54) is 12.8 Å². The van der Waals surface area contributed by atoms with Crippen LogP contribution in [0.5, 0.6) is 0 Å². The molecule has 7 heteroatoms. The normalized spacial score (nSPS) is 18.1. The molecule has 1 saturated carbocycles. The van der Waals surface area contributed by atoms with Crippen molar-refractivity contribution in [2.24, 2.45) is 0 Å². The van der Waals surface area contributed by atoms with E-state index in [0.29, 0.717) is 5.92 Å². The van der Waals surface area contributed by atoms with Crippen molar-refractivity contribution in [1.82, 2.24) is 19.8 Å². The predicted octanol–water partition coefficient (Wildman–Crippen LogP) is 2.98. The van der Waals surface area contributed by atoms with Crippen molar-refractivity contribution >= 4 is 28.8 Å². The average Bonchev–Trinajstić information content (AvgIpc) is 3.41. The van der Waals surface area contributed by atoms with Crippen LogP contribution in [0.2, 0.25) is 5.02 Å². The zero-order chi connectivity index (χ0) is 16.8. The largest absolute Gasteiger partial charge is 0.367 e. The molecule has 3 heterocycles. The molecule has 0 unspecified atom stereocenters. The van der Waals surface area contributed by atoms with Crippen LogP contribution in [0.25, 0.3) is 5.65 Å². The molecule has 2 aliphatic rings. The fourth-order valence-corrected chi connectivity index (χ4v) is 3.70. The first-order valence-corrected chi connectivity index (χ1v) is 9.14. The Kier molecular flexibility index (Phi) is 3.52. The fraction of sp³-hybridized carbons (Fsp3) is 0.389. The number of rotatable bonds is 3. The van der Waals surface area contributed by atoms with Gasteiger partial charge >= 0.3 is 0 Å². The van der Waals surface area contributed by atoms with Crippen LogP contribution in [0.4, 0.5) is 11.5 Å². The smallest absolute Gasteiger partial charge is 0.178 e. The van der Waals surface area contributed by atoms with Crippen LogP contribution >= 0.6 is 11.6 Å². The van der Waals surface area contributed by atoms with E-state index in [0.717, 1.165) is 54.2 Å². The zero-order valence-electron chi connectivity index (χ0n) is 13.8. The van der Waals surface area contributed by atoms with Gasteiger partial charge in [0, 0.05) is 32.1 Å². The van der Waals surface area contributed by atoms with Crippen LogP contribution in [-0.4, -0.2) is 46.0 Å². The summed E-state index contributed by atoms with van der Waals surface area (Å²) >= 11 is 6.33. The monoisotopic (exact) mass is 354 g/mol. The van der Waals surface area contributed by atoms with Gasteiger partial charge in [0.2, 0.25) is 0 Å². The molecular formula is C18H19ClN6. The topological polar surface area (TPSA) is 49.6 Å². The lowest BCUT2D eigenvalue weighted by atomic mass is 10.2. The quantitative estimate of drug-likeness (QED) is 0.723. The Bertz CT molecular complexity index is 911. The maximum Gasteiger partial charge on any atom is 0.178 e. The van der Waals surface area contributed by atoms with Gasteiger partial charge in [0.05, 0.1) is 10.7 Å². The Balaban J connectivity index is 1.36. The number of anilines is 2. The Labute approximate surface area is 151 Å². The summed E-state index contributed by atoms with van der Waals surface area (Å²) < 4.78 is 1.92. The molecule has 5 rings (SSSR count). The molecule has 128 valence electrons. The van der Waals surface area contributed by atoms with E-state index in [1.54, 1.807) is 0 Å². The van der Waals surface area contributed by atoms with Gasteiger partial charge in [-0.2, -0.15) is 4.52 Å². The second-order valence-electron chi connectivity index (χ2n) is 6.72. The molecule has 6 nitrogen and oxygen atoms in total. The highest BCUT2D eigenvalue weighted by molar-refractivity contribution is 6.33. The SMILES string of the molecule is Clc1ccccc1N1CCN(c2ccc3nnc(C4CC4)n3n2)CC1. The number of fused-ring (bicyclic) bond motifs is 1. The van der Waals surface area contributed by atoms with Gasteiger partial charge in [-0.15, -0.1) is 15.3 Å². The predicted molar refractivity (Wildman–Crippen MR) is 98.6 cm³/mol. The molecule has 1 saturated heterocycles. The highest BCUT2D eigenvalue weighted by Crippen LogP contribution is 2.38.